The highest BCUT2D eigenvalue weighted by Gasteiger charge is 2.29. The first-order chi connectivity index (χ1) is 12.2. The standard InChI is InChI=1S/C20H21N3O2/c1-2-25-18-11-8-14(13-21)12-17(18)23-19(15-6-4-3-5-7-15)20(24)22-16-9-10-16/h3-8,11-12,16,19,23H,2,9-10H2,1H3,(H,22,24)/t19-/m0/s1. The minimum absolute atomic E-state index is 0.0708. The lowest BCUT2D eigenvalue weighted by atomic mass is 10.0. The number of nitrogens with zero attached hydrogens (tertiary/aromatic N) is 1. The fraction of sp³-hybridized carbons (Fsp3) is 0.300. The summed E-state index contributed by atoms with van der Waals surface area (Å²) in [6, 6.07) is 16.6. The third-order valence-electron chi connectivity index (χ3n) is 4.03. The lowest BCUT2D eigenvalue weighted by Crippen LogP contribution is -2.35. The third-order valence-corrected chi connectivity index (χ3v) is 4.03. The number of carbonyl (C=O) groups excluding carboxylic acids is 1. The van der Waals surface area contributed by atoms with Crippen molar-refractivity contribution < 1.29 is 9.53 Å². The summed E-state index contributed by atoms with van der Waals surface area (Å²) in [6.45, 7) is 2.40. The van der Waals surface area contributed by atoms with Crippen molar-refractivity contribution >= 4 is 11.6 Å². The maximum absolute atomic E-state index is 12.7. The number of hydrogen-bond donors (Lipinski definition) is 2. The number of nitriles is 1. The summed E-state index contributed by atoms with van der Waals surface area (Å²) < 4.78 is 5.64. The highest BCUT2D eigenvalue weighted by Crippen LogP contribution is 2.30. The molecule has 0 spiro atoms. The van der Waals surface area contributed by atoms with E-state index in [0.29, 0.717) is 23.6 Å². The molecule has 1 fully saturated rings. The number of rotatable bonds is 7. The van der Waals surface area contributed by atoms with Crippen LogP contribution < -0.4 is 15.4 Å². The van der Waals surface area contributed by atoms with Gasteiger partial charge in [0.25, 0.3) is 0 Å². The molecule has 2 aromatic carbocycles. The van der Waals surface area contributed by atoms with Gasteiger partial charge in [0, 0.05) is 6.04 Å². The lowest BCUT2D eigenvalue weighted by molar-refractivity contribution is -0.122. The SMILES string of the molecule is CCOc1ccc(C#N)cc1N[C@H](C(=O)NC1CC1)c1ccccc1. The molecule has 0 heterocycles. The van der Waals surface area contributed by atoms with Gasteiger partial charge in [-0.1, -0.05) is 30.3 Å². The van der Waals surface area contributed by atoms with Crippen LogP contribution in [0.5, 0.6) is 5.75 Å². The van der Waals surface area contributed by atoms with Gasteiger partial charge >= 0.3 is 0 Å². The Morgan fingerprint density at radius 3 is 2.68 bits per heavy atom. The van der Waals surface area contributed by atoms with Crippen molar-refractivity contribution in [2.24, 2.45) is 0 Å². The summed E-state index contributed by atoms with van der Waals surface area (Å²) in [4.78, 5) is 12.7. The average molecular weight is 335 g/mol. The Balaban J connectivity index is 1.91. The van der Waals surface area contributed by atoms with Gasteiger partial charge in [-0.15, -0.1) is 0 Å². The third kappa shape index (κ3) is 4.30. The predicted molar refractivity (Wildman–Crippen MR) is 96.3 cm³/mol. The molecule has 0 unspecified atom stereocenters. The molecule has 2 N–H and O–H groups in total. The molecule has 1 amide bonds. The van der Waals surface area contributed by atoms with E-state index in [-0.39, 0.29) is 11.9 Å². The van der Waals surface area contributed by atoms with Crippen molar-refractivity contribution in [3.63, 3.8) is 0 Å². The second-order valence-electron chi connectivity index (χ2n) is 6.03. The first-order valence-electron chi connectivity index (χ1n) is 8.50. The van der Waals surface area contributed by atoms with E-state index < -0.39 is 6.04 Å². The lowest BCUT2D eigenvalue weighted by Gasteiger charge is -2.22. The summed E-state index contributed by atoms with van der Waals surface area (Å²) in [6.07, 6.45) is 2.06. The van der Waals surface area contributed by atoms with E-state index in [1.807, 2.05) is 37.3 Å². The summed E-state index contributed by atoms with van der Waals surface area (Å²) in [7, 11) is 0. The van der Waals surface area contributed by atoms with Crippen molar-refractivity contribution in [2.75, 3.05) is 11.9 Å². The number of anilines is 1. The highest BCUT2D eigenvalue weighted by atomic mass is 16.5. The molecule has 5 heteroatoms. The van der Waals surface area contributed by atoms with Gasteiger partial charge in [-0.25, -0.2) is 0 Å². The van der Waals surface area contributed by atoms with E-state index in [0.717, 1.165) is 18.4 Å². The zero-order chi connectivity index (χ0) is 17.6. The van der Waals surface area contributed by atoms with Crippen molar-refractivity contribution in [3.8, 4) is 11.8 Å². The molecular weight excluding hydrogens is 314 g/mol. The summed E-state index contributed by atoms with van der Waals surface area (Å²) in [5, 5.41) is 15.5. The first kappa shape index (κ1) is 16.8. The molecule has 0 aliphatic heterocycles. The van der Waals surface area contributed by atoms with Crippen LogP contribution in [0.4, 0.5) is 5.69 Å². The molecule has 5 nitrogen and oxygen atoms in total. The van der Waals surface area contributed by atoms with Gasteiger partial charge in [-0.3, -0.25) is 4.79 Å². The molecule has 1 atom stereocenters. The van der Waals surface area contributed by atoms with E-state index in [1.165, 1.54) is 0 Å². The van der Waals surface area contributed by atoms with Crippen LogP contribution >= 0.6 is 0 Å². The monoisotopic (exact) mass is 335 g/mol. The predicted octanol–water partition coefficient (Wildman–Crippen LogP) is 3.39. The smallest absolute Gasteiger partial charge is 0.247 e. The van der Waals surface area contributed by atoms with E-state index in [4.69, 9.17) is 4.74 Å². The van der Waals surface area contributed by atoms with Crippen LogP contribution in [0.2, 0.25) is 0 Å². The summed E-state index contributed by atoms with van der Waals surface area (Å²) in [5.41, 5.74) is 2.02. The number of hydrogen-bond acceptors (Lipinski definition) is 4. The molecule has 25 heavy (non-hydrogen) atoms. The summed E-state index contributed by atoms with van der Waals surface area (Å²) >= 11 is 0. The number of carbonyl (C=O) groups is 1. The Morgan fingerprint density at radius 1 is 1.28 bits per heavy atom. The van der Waals surface area contributed by atoms with E-state index in [9.17, 15) is 10.1 Å². The molecule has 3 rings (SSSR count). The first-order valence-corrected chi connectivity index (χ1v) is 8.50. The zero-order valence-electron chi connectivity index (χ0n) is 14.2. The quantitative estimate of drug-likeness (QED) is 0.813. The number of ether oxygens (including phenoxy) is 1. The molecule has 128 valence electrons. The zero-order valence-corrected chi connectivity index (χ0v) is 14.2. The second kappa shape index (κ2) is 7.71. The largest absolute Gasteiger partial charge is 0.492 e. The van der Waals surface area contributed by atoms with Gasteiger partial charge in [0.1, 0.15) is 11.8 Å². The van der Waals surface area contributed by atoms with Gasteiger partial charge in [0.2, 0.25) is 5.91 Å². The number of nitrogens with one attached hydrogen (secondary N) is 2. The maximum Gasteiger partial charge on any atom is 0.247 e. The van der Waals surface area contributed by atoms with Crippen LogP contribution in [0.15, 0.2) is 48.5 Å². The topological polar surface area (TPSA) is 74.1 Å². The van der Waals surface area contributed by atoms with Gasteiger partial charge in [0.05, 0.1) is 23.9 Å². The minimum atomic E-state index is -0.546. The van der Waals surface area contributed by atoms with Gasteiger partial charge in [0.15, 0.2) is 0 Å². The average Bonchev–Trinajstić information content (AvgIpc) is 3.45. The van der Waals surface area contributed by atoms with E-state index in [2.05, 4.69) is 16.7 Å². The Morgan fingerprint density at radius 2 is 2.04 bits per heavy atom. The fourth-order valence-electron chi connectivity index (χ4n) is 2.61. The van der Waals surface area contributed by atoms with Gasteiger partial charge in [-0.05, 0) is 43.5 Å². The number of benzene rings is 2. The van der Waals surface area contributed by atoms with Gasteiger partial charge in [-0.2, -0.15) is 5.26 Å². The van der Waals surface area contributed by atoms with Crippen LogP contribution in [-0.4, -0.2) is 18.6 Å². The Bertz CT molecular complexity index is 779. The van der Waals surface area contributed by atoms with E-state index in [1.54, 1.807) is 18.2 Å². The normalized spacial score (nSPS) is 14.2. The van der Waals surface area contributed by atoms with Crippen LogP contribution in [0, 0.1) is 11.3 Å². The van der Waals surface area contributed by atoms with Gasteiger partial charge < -0.3 is 15.4 Å². The van der Waals surface area contributed by atoms with Crippen molar-refractivity contribution in [1.29, 1.82) is 5.26 Å². The molecule has 0 bridgehead atoms. The Kier molecular flexibility index (Phi) is 5.20. The molecule has 0 saturated heterocycles. The number of amides is 1. The van der Waals surface area contributed by atoms with Crippen molar-refractivity contribution in [3.05, 3.63) is 59.7 Å². The second-order valence-corrected chi connectivity index (χ2v) is 6.03. The van der Waals surface area contributed by atoms with Crippen LogP contribution in [-0.2, 0) is 4.79 Å². The minimum Gasteiger partial charge on any atom is -0.492 e. The van der Waals surface area contributed by atoms with E-state index >= 15 is 0 Å². The molecule has 1 saturated carbocycles. The van der Waals surface area contributed by atoms with Crippen molar-refractivity contribution in [2.45, 2.75) is 31.8 Å². The van der Waals surface area contributed by atoms with Crippen LogP contribution in [0.3, 0.4) is 0 Å². The maximum atomic E-state index is 12.7. The van der Waals surface area contributed by atoms with Crippen LogP contribution in [0.1, 0.15) is 36.9 Å². The van der Waals surface area contributed by atoms with Crippen molar-refractivity contribution in [1.82, 2.24) is 5.32 Å². The fourth-order valence-corrected chi connectivity index (χ4v) is 2.61. The van der Waals surface area contributed by atoms with Crippen LogP contribution in [0.25, 0.3) is 0 Å². The summed E-state index contributed by atoms with van der Waals surface area (Å²) in [5.74, 6) is 0.556. The molecule has 1 aliphatic carbocycles. The molecule has 1 aliphatic rings. The molecule has 0 radical (unpaired) electrons. The molecule has 0 aromatic heterocycles. The Hall–Kier alpha value is -3.00. The Labute approximate surface area is 147 Å². The molecular formula is C20H21N3O2. The highest BCUT2D eigenvalue weighted by molar-refractivity contribution is 5.87. The molecule has 2 aromatic rings.